The van der Waals surface area contributed by atoms with Crippen molar-refractivity contribution in [2.45, 2.75) is 32.6 Å². The Morgan fingerprint density at radius 1 is 1.31 bits per heavy atom. The van der Waals surface area contributed by atoms with Crippen LogP contribution in [0.1, 0.15) is 42.1 Å². The second kappa shape index (κ2) is 5.26. The number of aldehydes is 1. The summed E-state index contributed by atoms with van der Waals surface area (Å²) < 4.78 is 1.14. The van der Waals surface area contributed by atoms with E-state index in [1.165, 1.54) is 30.2 Å². The lowest BCUT2D eigenvalue weighted by molar-refractivity contribution is 0.112. The first-order valence-corrected chi connectivity index (χ1v) is 6.69. The number of benzene rings is 1. The summed E-state index contributed by atoms with van der Waals surface area (Å²) in [6.07, 6.45) is 5.87. The van der Waals surface area contributed by atoms with E-state index in [2.05, 4.69) is 18.4 Å². The van der Waals surface area contributed by atoms with Gasteiger partial charge in [0.15, 0.2) is 6.29 Å². The van der Waals surface area contributed by atoms with E-state index in [0.29, 0.717) is 0 Å². The molecule has 0 aliphatic rings. The van der Waals surface area contributed by atoms with Crippen LogP contribution in [0, 0.1) is 0 Å². The van der Waals surface area contributed by atoms with Gasteiger partial charge < -0.3 is 0 Å². The zero-order chi connectivity index (χ0) is 11.4. The molecule has 16 heavy (non-hydrogen) atoms. The summed E-state index contributed by atoms with van der Waals surface area (Å²) in [4.78, 5) is 10.9. The monoisotopic (exact) mass is 232 g/mol. The van der Waals surface area contributed by atoms with Crippen LogP contribution >= 0.6 is 11.3 Å². The molecule has 0 saturated carbocycles. The van der Waals surface area contributed by atoms with Crippen LogP contribution in [0.25, 0.3) is 10.1 Å². The van der Waals surface area contributed by atoms with E-state index >= 15 is 0 Å². The Kier molecular flexibility index (Phi) is 3.73. The van der Waals surface area contributed by atoms with Crippen molar-refractivity contribution in [2.24, 2.45) is 0 Å². The van der Waals surface area contributed by atoms with Crippen LogP contribution in [-0.4, -0.2) is 6.29 Å². The van der Waals surface area contributed by atoms with Gasteiger partial charge in [0.05, 0.1) is 0 Å². The number of hydrogen-bond acceptors (Lipinski definition) is 2. The fraction of sp³-hybridized carbons (Fsp3) is 0.357. The van der Waals surface area contributed by atoms with Gasteiger partial charge in [0.2, 0.25) is 0 Å². The Morgan fingerprint density at radius 3 is 2.94 bits per heavy atom. The van der Waals surface area contributed by atoms with Crippen molar-refractivity contribution in [3.63, 3.8) is 0 Å². The number of rotatable bonds is 5. The third-order valence-electron chi connectivity index (χ3n) is 2.89. The van der Waals surface area contributed by atoms with Gasteiger partial charge in [-0.15, -0.1) is 11.3 Å². The zero-order valence-electron chi connectivity index (χ0n) is 9.53. The Morgan fingerprint density at radius 2 is 2.19 bits per heavy atom. The molecule has 0 amide bonds. The maximum absolute atomic E-state index is 10.9. The molecule has 0 aliphatic heterocycles. The number of thiophene rings is 1. The highest BCUT2D eigenvalue weighted by Gasteiger charge is 2.06. The van der Waals surface area contributed by atoms with Gasteiger partial charge in [-0.2, -0.15) is 0 Å². The highest BCUT2D eigenvalue weighted by Crippen LogP contribution is 2.29. The first-order valence-electron chi connectivity index (χ1n) is 5.81. The summed E-state index contributed by atoms with van der Waals surface area (Å²) in [5.74, 6) is 0. The number of carbonyl (C=O) groups is 1. The predicted molar refractivity (Wildman–Crippen MR) is 70.4 cm³/mol. The highest BCUT2D eigenvalue weighted by atomic mass is 32.1. The molecule has 0 atom stereocenters. The summed E-state index contributed by atoms with van der Waals surface area (Å²) in [6.45, 7) is 2.22. The van der Waals surface area contributed by atoms with Crippen LogP contribution < -0.4 is 0 Å². The van der Waals surface area contributed by atoms with Gasteiger partial charge in [-0.1, -0.05) is 38.0 Å². The average Bonchev–Trinajstić information content (AvgIpc) is 2.73. The van der Waals surface area contributed by atoms with E-state index in [1.54, 1.807) is 11.3 Å². The van der Waals surface area contributed by atoms with Crippen molar-refractivity contribution >= 4 is 27.7 Å². The molecule has 2 aromatic rings. The molecular weight excluding hydrogens is 216 g/mol. The van der Waals surface area contributed by atoms with Gasteiger partial charge in [-0.3, -0.25) is 4.79 Å². The Hall–Kier alpha value is -1.15. The van der Waals surface area contributed by atoms with Crippen molar-refractivity contribution in [3.05, 3.63) is 34.7 Å². The van der Waals surface area contributed by atoms with Gasteiger partial charge in [-0.25, -0.2) is 0 Å². The van der Waals surface area contributed by atoms with Crippen molar-refractivity contribution in [1.82, 2.24) is 0 Å². The Bertz CT molecular complexity index is 484. The first kappa shape index (κ1) is 11.3. The van der Waals surface area contributed by atoms with E-state index in [-0.39, 0.29) is 0 Å². The lowest BCUT2D eigenvalue weighted by atomic mass is 10.0. The third-order valence-corrected chi connectivity index (χ3v) is 3.98. The average molecular weight is 232 g/mol. The maximum Gasteiger partial charge on any atom is 0.151 e. The molecule has 0 aliphatic carbocycles. The van der Waals surface area contributed by atoms with Crippen LogP contribution in [0.4, 0.5) is 0 Å². The molecule has 0 unspecified atom stereocenters. The molecule has 1 heterocycles. The Balaban J connectivity index is 2.30. The summed E-state index contributed by atoms with van der Waals surface area (Å²) >= 11 is 1.69. The lowest BCUT2D eigenvalue weighted by Crippen LogP contribution is -1.84. The van der Waals surface area contributed by atoms with Crippen LogP contribution in [0.5, 0.6) is 0 Å². The molecule has 0 radical (unpaired) electrons. The largest absolute Gasteiger partial charge is 0.298 e. The van der Waals surface area contributed by atoms with Gasteiger partial charge >= 0.3 is 0 Å². The smallest absolute Gasteiger partial charge is 0.151 e. The SMILES string of the molecule is CCCCCc1csc2c(C=O)cccc12. The minimum atomic E-state index is 0.823. The fourth-order valence-corrected chi connectivity index (χ4v) is 3.07. The quantitative estimate of drug-likeness (QED) is 0.550. The van der Waals surface area contributed by atoms with Crippen LogP contribution in [0.15, 0.2) is 23.6 Å². The molecule has 0 spiro atoms. The molecule has 0 N–H and O–H groups in total. The minimum absolute atomic E-state index is 0.823. The van der Waals surface area contributed by atoms with E-state index in [1.807, 2.05) is 12.1 Å². The number of aryl methyl sites for hydroxylation is 1. The second-order valence-electron chi connectivity index (χ2n) is 4.06. The maximum atomic E-state index is 10.9. The van der Waals surface area contributed by atoms with Crippen molar-refractivity contribution in [1.29, 1.82) is 0 Å². The number of carbonyl (C=O) groups excluding carboxylic acids is 1. The van der Waals surface area contributed by atoms with Crippen LogP contribution in [0.2, 0.25) is 0 Å². The molecule has 0 saturated heterocycles. The summed E-state index contributed by atoms with van der Waals surface area (Å²) in [5, 5.41) is 3.47. The number of fused-ring (bicyclic) bond motifs is 1. The lowest BCUT2D eigenvalue weighted by Gasteiger charge is -1.99. The van der Waals surface area contributed by atoms with Gasteiger partial charge in [0.1, 0.15) is 0 Å². The molecule has 1 nitrogen and oxygen atoms in total. The Labute approximate surface area is 100 Å². The topological polar surface area (TPSA) is 17.1 Å². The summed E-state index contributed by atoms with van der Waals surface area (Å²) in [5.41, 5.74) is 2.22. The highest BCUT2D eigenvalue weighted by molar-refractivity contribution is 7.17. The molecular formula is C14H16OS. The predicted octanol–water partition coefficient (Wildman–Crippen LogP) is 4.45. The molecule has 84 valence electrons. The van der Waals surface area contributed by atoms with Crippen molar-refractivity contribution in [2.75, 3.05) is 0 Å². The standard InChI is InChI=1S/C14H16OS/c1-2-3-4-6-12-10-16-14-11(9-15)7-5-8-13(12)14/h5,7-10H,2-4,6H2,1H3. The molecule has 1 aromatic carbocycles. The van der Waals surface area contributed by atoms with Crippen molar-refractivity contribution in [3.8, 4) is 0 Å². The molecule has 2 rings (SSSR count). The first-order chi connectivity index (χ1) is 7.86. The van der Waals surface area contributed by atoms with Crippen molar-refractivity contribution < 1.29 is 4.79 Å². The van der Waals surface area contributed by atoms with Crippen LogP contribution in [0.3, 0.4) is 0 Å². The van der Waals surface area contributed by atoms with Crippen LogP contribution in [-0.2, 0) is 6.42 Å². The summed E-state index contributed by atoms with van der Waals surface area (Å²) in [6, 6.07) is 5.99. The summed E-state index contributed by atoms with van der Waals surface area (Å²) in [7, 11) is 0. The number of unbranched alkanes of at least 4 members (excludes halogenated alkanes) is 2. The zero-order valence-corrected chi connectivity index (χ0v) is 10.3. The van der Waals surface area contributed by atoms with Gasteiger partial charge in [-0.05, 0) is 29.2 Å². The van der Waals surface area contributed by atoms with Gasteiger partial charge in [0.25, 0.3) is 0 Å². The normalized spacial score (nSPS) is 10.8. The van der Waals surface area contributed by atoms with E-state index in [4.69, 9.17) is 0 Å². The minimum Gasteiger partial charge on any atom is -0.298 e. The second-order valence-corrected chi connectivity index (χ2v) is 4.94. The molecule has 2 heteroatoms. The van der Waals surface area contributed by atoms with E-state index in [9.17, 15) is 4.79 Å². The molecule has 0 bridgehead atoms. The van der Waals surface area contributed by atoms with E-state index < -0.39 is 0 Å². The molecule has 0 fully saturated rings. The van der Waals surface area contributed by atoms with E-state index in [0.717, 1.165) is 23.0 Å². The van der Waals surface area contributed by atoms with Gasteiger partial charge in [0, 0.05) is 10.3 Å². The third kappa shape index (κ3) is 2.17. The fourth-order valence-electron chi connectivity index (χ4n) is 1.98. The molecule has 1 aromatic heterocycles. The number of hydrogen-bond donors (Lipinski definition) is 0.